The lowest BCUT2D eigenvalue weighted by atomic mass is 10.1. The van der Waals surface area contributed by atoms with Crippen LogP contribution in [0.3, 0.4) is 0 Å². The average molecular weight is 240 g/mol. The van der Waals surface area contributed by atoms with Gasteiger partial charge < -0.3 is 0 Å². The molecule has 2 aromatic rings. The Morgan fingerprint density at radius 2 is 1.94 bits per heavy atom. The van der Waals surface area contributed by atoms with Crippen LogP contribution in [0, 0.1) is 0 Å². The number of benzene rings is 2. The molecule has 1 heterocycles. The van der Waals surface area contributed by atoms with Crippen molar-refractivity contribution in [2.45, 2.75) is 0 Å². The van der Waals surface area contributed by atoms with E-state index in [1.54, 1.807) is 0 Å². The van der Waals surface area contributed by atoms with Gasteiger partial charge in [0.1, 0.15) is 0 Å². The zero-order valence-electron chi connectivity index (χ0n) is 9.28. The zero-order valence-corrected chi connectivity index (χ0v) is 10.1. The predicted molar refractivity (Wildman–Crippen MR) is 75.9 cm³/mol. The van der Waals surface area contributed by atoms with Gasteiger partial charge in [0.25, 0.3) is 0 Å². The molecule has 1 aliphatic rings. The Balaban J connectivity index is 2.01. The van der Waals surface area contributed by atoms with E-state index in [1.807, 2.05) is 12.3 Å². The van der Waals surface area contributed by atoms with Crippen LogP contribution in [-0.4, -0.2) is 12.1 Å². The third kappa shape index (κ3) is 2.34. The van der Waals surface area contributed by atoms with Gasteiger partial charge in [0.15, 0.2) is 0 Å². The van der Waals surface area contributed by atoms with Crippen molar-refractivity contribution in [3.8, 4) is 0 Å². The van der Waals surface area contributed by atoms with Crippen LogP contribution in [-0.2, 0) is 10.7 Å². The molecule has 0 aliphatic carbocycles. The summed E-state index contributed by atoms with van der Waals surface area (Å²) >= 11 is 0. The predicted octanol–water partition coefficient (Wildman–Crippen LogP) is 3.83. The summed E-state index contributed by atoms with van der Waals surface area (Å²) in [6.45, 7) is 0. The maximum atomic E-state index is 4.70. The first-order chi connectivity index (χ1) is 8.42. The fraction of sp³-hybridized carbons (Fsp3) is 0.0714. The number of rotatable bonds is 1. The van der Waals surface area contributed by atoms with Gasteiger partial charge in [-0.3, -0.25) is 4.99 Å². The van der Waals surface area contributed by atoms with Crippen LogP contribution in [0.5, 0.6) is 0 Å². The number of fused-ring (bicyclic) bond motifs is 1. The monoisotopic (exact) mass is 240 g/mol. The Morgan fingerprint density at radius 3 is 2.76 bits per heavy atom. The minimum atomic E-state index is -0.0920. The quantitative estimate of drug-likeness (QED) is 0.723. The zero-order chi connectivity index (χ0) is 11.5. The van der Waals surface area contributed by atoms with E-state index in [-0.39, 0.29) is 10.7 Å². The maximum Gasteiger partial charge on any atom is 0.0992 e. The minimum Gasteiger partial charge on any atom is -0.281 e. The average Bonchev–Trinajstić information content (AvgIpc) is 2.40. The molecule has 0 amide bonds. The number of aliphatic imine (C=N–C) groups is 1. The number of hydrogen-bond acceptors (Lipinski definition) is 2. The fourth-order valence-corrected chi connectivity index (χ4v) is 2.86. The molecule has 0 radical (unpaired) electrons. The third-order valence-electron chi connectivity index (χ3n) is 2.59. The molecule has 2 nitrogen and oxygen atoms in total. The molecule has 17 heavy (non-hydrogen) atoms. The van der Waals surface area contributed by atoms with Crippen LogP contribution in [0.2, 0.25) is 0 Å². The summed E-state index contributed by atoms with van der Waals surface area (Å²) in [5.74, 6) is 0.781. The molecule has 3 rings (SSSR count). The molecule has 0 bridgehead atoms. The van der Waals surface area contributed by atoms with Crippen molar-refractivity contribution in [1.82, 2.24) is 0 Å². The van der Waals surface area contributed by atoms with Gasteiger partial charge >= 0.3 is 0 Å². The van der Waals surface area contributed by atoms with Crippen molar-refractivity contribution in [2.24, 2.45) is 9.36 Å². The van der Waals surface area contributed by atoms with Gasteiger partial charge in [-0.1, -0.05) is 30.3 Å². The third-order valence-corrected chi connectivity index (χ3v) is 3.92. The van der Waals surface area contributed by atoms with Gasteiger partial charge in [-0.15, -0.1) is 0 Å². The first-order valence-electron chi connectivity index (χ1n) is 5.49. The van der Waals surface area contributed by atoms with E-state index >= 15 is 0 Å². The van der Waals surface area contributed by atoms with E-state index in [0.717, 1.165) is 11.6 Å². The van der Waals surface area contributed by atoms with Gasteiger partial charge in [-0.2, -0.15) is 0 Å². The first-order valence-corrected chi connectivity index (χ1v) is 6.90. The van der Waals surface area contributed by atoms with Gasteiger partial charge in [0, 0.05) is 6.21 Å². The van der Waals surface area contributed by atoms with Gasteiger partial charge in [0.05, 0.1) is 11.6 Å². The Hall–Kier alpha value is -1.74. The van der Waals surface area contributed by atoms with E-state index in [9.17, 15) is 0 Å². The van der Waals surface area contributed by atoms with Gasteiger partial charge in [-0.05, 0) is 45.1 Å². The Labute approximate surface area is 103 Å². The van der Waals surface area contributed by atoms with E-state index in [4.69, 9.17) is 4.36 Å². The lowest BCUT2D eigenvalue weighted by Gasteiger charge is -2.03. The van der Waals surface area contributed by atoms with Crippen molar-refractivity contribution >= 4 is 33.4 Å². The lowest BCUT2D eigenvalue weighted by Crippen LogP contribution is -1.93. The second-order valence-corrected chi connectivity index (χ2v) is 5.33. The molecule has 0 saturated carbocycles. The van der Waals surface area contributed by atoms with Crippen molar-refractivity contribution in [3.63, 3.8) is 0 Å². The smallest absolute Gasteiger partial charge is 0.0992 e. The van der Waals surface area contributed by atoms with Gasteiger partial charge in [0.2, 0.25) is 0 Å². The van der Waals surface area contributed by atoms with Crippen molar-refractivity contribution in [1.29, 1.82) is 0 Å². The highest BCUT2D eigenvalue weighted by atomic mass is 32.2. The number of hydrogen-bond donors (Lipinski definition) is 0. The van der Waals surface area contributed by atoms with Crippen molar-refractivity contribution in [2.75, 3.05) is 5.88 Å². The number of allylic oxidation sites excluding steroid dienone is 1. The molecule has 0 fully saturated rings. The summed E-state index contributed by atoms with van der Waals surface area (Å²) < 4.78 is 4.70. The Kier molecular flexibility index (Phi) is 2.84. The topological polar surface area (TPSA) is 24.7 Å². The molecule has 0 saturated heterocycles. The summed E-state index contributed by atoms with van der Waals surface area (Å²) in [7, 11) is -0.0920. The standard InChI is InChI=1S/C14H12N2S/c1-2-5-13-10-14(7-6-12(13)4-1)16-17-9-3-8-15-11-17/h1-10H,11H2. The summed E-state index contributed by atoms with van der Waals surface area (Å²) in [5, 5.41) is 4.61. The normalized spacial score (nSPS) is 18.9. The maximum absolute atomic E-state index is 4.70. The summed E-state index contributed by atoms with van der Waals surface area (Å²) in [4.78, 5) is 4.22. The Morgan fingerprint density at radius 1 is 1.06 bits per heavy atom. The van der Waals surface area contributed by atoms with Crippen LogP contribution < -0.4 is 0 Å². The minimum absolute atomic E-state index is 0.0920. The highest BCUT2D eigenvalue weighted by Crippen LogP contribution is 2.22. The van der Waals surface area contributed by atoms with E-state index < -0.39 is 0 Å². The molecule has 1 atom stereocenters. The molecule has 0 aromatic heterocycles. The molecule has 3 heteroatoms. The largest absolute Gasteiger partial charge is 0.281 e. The van der Waals surface area contributed by atoms with Crippen LogP contribution in [0.15, 0.2) is 63.3 Å². The van der Waals surface area contributed by atoms with Crippen LogP contribution >= 0.6 is 0 Å². The van der Waals surface area contributed by atoms with Crippen LogP contribution in [0.25, 0.3) is 10.8 Å². The first kappa shape index (κ1) is 10.4. The summed E-state index contributed by atoms with van der Waals surface area (Å²) in [5.41, 5.74) is 1.04. The van der Waals surface area contributed by atoms with Crippen molar-refractivity contribution < 1.29 is 0 Å². The van der Waals surface area contributed by atoms with E-state index in [2.05, 4.69) is 52.9 Å². The molecular formula is C14H12N2S. The molecular weight excluding hydrogens is 228 g/mol. The molecule has 2 aromatic carbocycles. The number of nitrogens with zero attached hydrogens (tertiary/aromatic N) is 2. The second-order valence-electron chi connectivity index (χ2n) is 3.81. The molecule has 1 aliphatic heterocycles. The highest BCUT2D eigenvalue weighted by molar-refractivity contribution is 7.90. The van der Waals surface area contributed by atoms with Crippen LogP contribution in [0.1, 0.15) is 0 Å². The molecule has 0 spiro atoms. The van der Waals surface area contributed by atoms with E-state index in [0.29, 0.717) is 0 Å². The highest BCUT2D eigenvalue weighted by Gasteiger charge is 1.97. The van der Waals surface area contributed by atoms with Crippen molar-refractivity contribution in [3.05, 3.63) is 53.9 Å². The molecule has 1 unspecified atom stereocenters. The van der Waals surface area contributed by atoms with Gasteiger partial charge in [-0.25, -0.2) is 4.36 Å². The molecule has 84 valence electrons. The van der Waals surface area contributed by atoms with Crippen LogP contribution in [0.4, 0.5) is 5.69 Å². The fourth-order valence-electron chi connectivity index (χ4n) is 1.78. The molecule has 0 N–H and O–H groups in total. The summed E-state index contributed by atoms with van der Waals surface area (Å²) in [6.07, 6.45) is 3.80. The Bertz CT molecular complexity index is 641. The second kappa shape index (κ2) is 4.63. The summed E-state index contributed by atoms with van der Waals surface area (Å²) in [6, 6.07) is 14.7. The lowest BCUT2D eigenvalue weighted by molar-refractivity contribution is 1.38. The van der Waals surface area contributed by atoms with E-state index in [1.165, 1.54) is 10.8 Å². The SMILES string of the molecule is C1=CS(=Nc2ccc3ccccc3c2)CN=C1.